The first-order valence-corrected chi connectivity index (χ1v) is 8.30. The number of thiophene rings is 1. The maximum Gasteiger partial charge on any atom is 0.339 e. The number of ether oxygens (including phenoxy) is 1. The van der Waals surface area contributed by atoms with Crippen LogP contribution in [0.3, 0.4) is 0 Å². The molecule has 126 valence electrons. The Kier molecular flexibility index (Phi) is 5.06. The van der Waals surface area contributed by atoms with E-state index in [1.54, 1.807) is 42.6 Å². The van der Waals surface area contributed by atoms with E-state index in [1.165, 1.54) is 18.4 Å². The van der Waals surface area contributed by atoms with Crippen molar-refractivity contribution in [2.75, 3.05) is 17.7 Å². The molecule has 3 rings (SSSR count). The van der Waals surface area contributed by atoms with E-state index in [0.717, 1.165) is 0 Å². The van der Waals surface area contributed by atoms with Gasteiger partial charge in [0.25, 0.3) is 5.91 Å². The van der Waals surface area contributed by atoms with E-state index in [-0.39, 0.29) is 5.91 Å². The third-order valence-electron chi connectivity index (χ3n) is 3.36. The second kappa shape index (κ2) is 7.59. The zero-order chi connectivity index (χ0) is 17.6. The van der Waals surface area contributed by atoms with Gasteiger partial charge < -0.3 is 15.4 Å². The number of nitrogens with zero attached hydrogens (tertiary/aromatic N) is 1. The SMILES string of the molecule is COC(=O)c1ccccc1Nc1ccc(NC(=O)c2cccs2)nc1. The van der Waals surface area contributed by atoms with Gasteiger partial charge in [-0.15, -0.1) is 11.3 Å². The molecule has 1 aromatic carbocycles. The van der Waals surface area contributed by atoms with Crippen LogP contribution in [0.25, 0.3) is 0 Å². The molecule has 0 bridgehead atoms. The number of aromatic nitrogens is 1. The van der Waals surface area contributed by atoms with Crippen molar-refractivity contribution in [2.45, 2.75) is 0 Å². The van der Waals surface area contributed by atoms with Crippen molar-refractivity contribution in [1.29, 1.82) is 0 Å². The molecule has 0 saturated carbocycles. The summed E-state index contributed by atoms with van der Waals surface area (Å²) >= 11 is 1.37. The summed E-state index contributed by atoms with van der Waals surface area (Å²) in [5.41, 5.74) is 1.73. The van der Waals surface area contributed by atoms with E-state index in [1.807, 2.05) is 17.5 Å². The Morgan fingerprint density at radius 2 is 1.92 bits per heavy atom. The minimum atomic E-state index is -0.420. The van der Waals surface area contributed by atoms with Crippen LogP contribution in [-0.2, 0) is 4.74 Å². The third kappa shape index (κ3) is 4.02. The summed E-state index contributed by atoms with van der Waals surface area (Å²) in [6.07, 6.45) is 1.58. The van der Waals surface area contributed by atoms with Gasteiger partial charge in [0.15, 0.2) is 0 Å². The zero-order valence-corrected chi connectivity index (χ0v) is 14.2. The predicted molar refractivity (Wildman–Crippen MR) is 97.6 cm³/mol. The largest absolute Gasteiger partial charge is 0.465 e. The number of para-hydroxylation sites is 1. The summed E-state index contributed by atoms with van der Waals surface area (Å²) in [6, 6.07) is 14.1. The van der Waals surface area contributed by atoms with Crippen LogP contribution < -0.4 is 10.6 Å². The molecule has 0 aliphatic carbocycles. The van der Waals surface area contributed by atoms with Gasteiger partial charge in [-0.25, -0.2) is 9.78 Å². The highest BCUT2D eigenvalue weighted by atomic mass is 32.1. The number of carbonyl (C=O) groups excluding carboxylic acids is 2. The van der Waals surface area contributed by atoms with E-state index in [9.17, 15) is 9.59 Å². The van der Waals surface area contributed by atoms with Gasteiger partial charge in [0.05, 0.1) is 35.1 Å². The lowest BCUT2D eigenvalue weighted by atomic mass is 10.1. The lowest BCUT2D eigenvalue weighted by Gasteiger charge is -2.11. The lowest BCUT2D eigenvalue weighted by Crippen LogP contribution is -2.11. The number of hydrogen-bond acceptors (Lipinski definition) is 6. The molecule has 6 nitrogen and oxygen atoms in total. The molecule has 1 amide bonds. The molecule has 2 aromatic heterocycles. The second-order valence-corrected chi connectivity index (χ2v) is 5.97. The zero-order valence-electron chi connectivity index (χ0n) is 13.4. The van der Waals surface area contributed by atoms with Gasteiger partial charge in [0, 0.05) is 0 Å². The third-order valence-corrected chi connectivity index (χ3v) is 4.23. The fourth-order valence-corrected chi connectivity index (χ4v) is 2.78. The van der Waals surface area contributed by atoms with Gasteiger partial charge in [-0.05, 0) is 35.7 Å². The Balaban J connectivity index is 1.71. The second-order valence-electron chi connectivity index (χ2n) is 5.03. The van der Waals surface area contributed by atoms with Crippen molar-refractivity contribution in [1.82, 2.24) is 4.98 Å². The number of rotatable bonds is 5. The Morgan fingerprint density at radius 3 is 2.60 bits per heavy atom. The highest BCUT2D eigenvalue weighted by molar-refractivity contribution is 7.12. The maximum atomic E-state index is 12.0. The van der Waals surface area contributed by atoms with E-state index < -0.39 is 5.97 Å². The fraction of sp³-hybridized carbons (Fsp3) is 0.0556. The van der Waals surface area contributed by atoms with Crippen molar-refractivity contribution in [2.24, 2.45) is 0 Å². The summed E-state index contributed by atoms with van der Waals surface area (Å²) in [6.45, 7) is 0. The molecule has 3 aromatic rings. The van der Waals surface area contributed by atoms with Gasteiger partial charge in [-0.3, -0.25) is 4.79 Å². The van der Waals surface area contributed by atoms with Crippen LogP contribution in [0.2, 0.25) is 0 Å². The monoisotopic (exact) mass is 353 g/mol. The number of benzene rings is 1. The number of amides is 1. The molecule has 0 spiro atoms. The van der Waals surface area contributed by atoms with E-state index in [2.05, 4.69) is 15.6 Å². The number of pyridine rings is 1. The average Bonchev–Trinajstić information content (AvgIpc) is 3.18. The number of nitrogens with one attached hydrogen (secondary N) is 2. The van der Waals surface area contributed by atoms with Crippen LogP contribution in [0.15, 0.2) is 60.1 Å². The average molecular weight is 353 g/mol. The topological polar surface area (TPSA) is 80.3 Å². The molecule has 0 unspecified atom stereocenters. The van der Waals surface area contributed by atoms with Crippen LogP contribution in [0, 0.1) is 0 Å². The van der Waals surface area contributed by atoms with Crippen molar-refractivity contribution in [3.8, 4) is 0 Å². The van der Waals surface area contributed by atoms with Crippen LogP contribution in [0.5, 0.6) is 0 Å². The predicted octanol–water partition coefficient (Wildman–Crippen LogP) is 3.93. The molecule has 2 heterocycles. The Hall–Kier alpha value is -3.19. The molecule has 0 fully saturated rings. The molecular weight excluding hydrogens is 338 g/mol. The first-order chi connectivity index (χ1) is 12.2. The van der Waals surface area contributed by atoms with E-state index in [4.69, 9.17) is 4.74 Å². The van der Waals surface area contributed by atoms with Gasteiger partial charge in [-0.1, -0.05) is 18.2 Å². The number of anilines is 3. The summed E-state index contributed by atoms with van der Waals surface area (Å²) < 4.78 is 4.77. The van der Waals surface area contributed by atoms with Crippen LogP contribution in [0.1, 0.15) is 20.0 Å². The fourth-order valence-electron chi connectivity index (χ4n) is 2.16. The Bertz CT molecular complexity index is 877. The number of methoxy groups -OCH3 is 1. The molecule has 0 saturated heterocycles. The number of esters is 1. The smallest absolute Gasteiger partial charge is 0.339 e. The molecule has 25 heavy (non-hydrogen) atoms. The minimum Gasteiger partial charge on any atom is -0.465 e. The Labute approximate surface area is 148 Å². The van der Waals surface area contributed by atoms with E-state index in [0.29, 0.717) is 27.6 Å². The summed E-state index contributed by atoms with van der Waals surface area (Å²) in [7, 11) is 1.34. The van der Waals surface area contributed by atoms with E-state index >= 15 is 0 Å². The van der Waals surface area contributed by atoms with Gasteiger partial charge >= 0.3 is 5.97 Å². The standard InChI is InChI=1S/C18H15N3O3S/c1-24-18(23)13-5-2-3-6-14(13)20-12-8-9-16(19-11-12)21-17(22)15-7-4-10-25-15/h2-11,20H,1H3,(H,19,21,22). The van der Waals surface area contributed by atoms with Crippen molar-refractivity contribution in [3.05, 3.63) is 70.5 Å². The first-order valence-electron chi connectivity index (χ1n) is 7.42. The summed E-state index contributed by atoms with van der Waals surface area (Å²) in [4.78, 5) is 28.6. The molecule has 0 radical (unpaired) electrons. The maximum absolute atomic E-state index is 12.0. The van der Waals surface area contributed by atoms with Crippen molar-refractivity contribution >= 4 is 40.4 Å². The lowest BCUT2D eigenvalue weighted by molar-refractivity contribution is 0.0601. The quantitative estimate of drug-likeness (QED) is 0.680. The van der Waals surface area contributed by atoms with Crippen LogP contribution in [0.4, 0.5) is 17.2 Å². The van der Waals surface area contributed by atoms with Crippen molar-refractivity contribution in [3.63, 3.8) is 0 Å². The van der Waals surface area contributed by atoms with Crippen LogP contribution in [-0.4, -0.2) is 24.0 Å². The molecule has 7 heteroatoms. The highest BCUT2D eigenvalue weighted by Crippen LogP contribution is 2.22. The molecule has 2 N–H and O–H groups in total. The summed E-state index contributed by atoms with van der Waals surface area (Å²) in [5.74, 6) is -0.166. The normalized spacial score (nSPS) is 10.1. The van der Waals surface area contributed by atoms with Crippen molar-refractivity contribution < 1.29 is 14.3 Å². The minimum absolute atomic E-state index is 0.195. The number of carbonyl (C=O) groups is 2. The highest BCUT2D eigenvalue weighted by Gasteiger charge is 2.11. The molecule has 0 aliphatic rings. The van der Waals surface area contributed by atoms with Gasteiger partial charge in [0.2, 0.25) is 0 Å². The molecular formula is C18H15N3O3S. The first kappa shape index (κ1) is 16.7. The van der Waals surface area contributed by atoms with Gasteiger partial charge in [-0.2, -0.15) is 0 Å². The molecule has 0 aliphatic heterocycles. The Morgan fingerprint density at radius 1 is 1.08 bits per heavy atom. The van der Waals surface area contributed by atoms with Crippen LogP contribution >= 0.6 is 11.3 Å². The summed E-state index contributed by atoms with van der Waals surface area (Å²) in [5, 5.41) is 7.70. The molecule has 0 atom stereocenters. The van der Waals surface area contributed by atoms with Gasteiger partial charge in [0.1, 0.15) is 5.82 Å². The number of hydrogen-bond donors (Lipinski definition) is 2.